The van der Waals surface area contributed by atoms with E-state index < -0.39 is 0 Å². The smallest absolute Gasteiger partial charge is 0.319 e. The molecule has 1 fully saturated rings. The van der Waals surface area contributed by atoms with Crippen molar-refractivity contribution in [2.75, 3.05) is 13.2 Å². The number of hydrogen-bond acceptors (Lipinski definition) is 4. The highest BCUT2D eigenvalue weighted by molar-refractivity contribution is 5.72. The molecule has 4 nitrogen and oxygen atoms in total. The van der Waals surface area contributed by atoms with E-state index in [9.17, 15) is 4.79 Å². The first-order valence-electron chi connectivity index (χ1n) is 6.59. The summed E-state index contributed by atoms with van der Waals surface area (Å²) in [6.07, 6.45) is 0.850. The molecule has 1 aliphatic rings. The molecule has 0 aromatic heterocycles. The van der Waals surface area contributed by atoms with E-state index in [1.165, 1.54) is 5.56 Å². The number of benzene rings is 1. The highest BCUT2D eigenvalue weighted by atomic mass is 16.5. The van der Waals surface area contributed by atoms with Crippen molar-refractivity contribution in [2.24, 2.45) is 0 Å². The van der Waals surface area contributed by atoms with Crippen LogP contribution in [-0.2, 0) is 16.0 Å². The molecule has 104 valence electrons. The van der Waals surface area contributed by atoms with E-state index in [0.717, 1.165) is 12.2 Å². The molecule has 0 spiro atoms. The number of hydrogen-bond donors (Lipinski definition) is 1. The minimum absolute atomic E-state index is 0.176. The summed E-state index contributed by atoms with van der Waals surface area (Å²) in [5.41, 5.74) is 1.03. The lowest BCUT2D eigenvalue weighted by atomic mass is 10.1. The van der Waals surface area contributed by atoms with Crippen LogP contribution in [0.25, 0.3) is 0 Å². The molecule has 0 saturated carbocycles. The Kier molecular flexibility index (Phi) is 4.10. The maximum atomic E-state index is 10.9. The molecule has 4 heteroatoms. The SMILES string of the molecule is CC(C)(C)Oc1ccc(C[C@H]2COC(=O)CN2)cc1. The van der Waals surface area contributed by atoms with E-state index in [1.54, 1.807) is 0 Å². The van der Waals surface area contributed by atoms with Crippen LogP contribution in [0, 0.1) is 0 Å². The predicted octanol–water partition coefficient (Wildman–Crippen LogP) is 1.92. The van der Waals surface area contributed by atoms with Crippen LogP contribution in [-0.4, -0.2) is 30.8 Å². The van der Waals surface area contributed by atoms with E-state index >= 15 is 0 Å². The van der Waals surface area contributed by atoms with Gasteiger partial charge in [-0.15, -0.1) is 0 Å². The largest absolute Gasteiger partial charge is 0.488 e. The fraction of sp³-hybridized carbons (Fsp3) is 0.533. The van der Waals surface area contributed by atoms with Crippen molar-refractivity contribution in [1.82, 2.24) is 5.32 Å². The van der Waals surface area contributed by atoms with Gasteiger partial charge in [0.25, 0.3) is 0 Å². The minimum atomic E-state index is -0.180. The summed E-state index contributed by atoms with van der Waals surface area (Å²) in [6, 6.07) is 8.27. The number of ether oxygens (including phenoxy) is 2. The monoisotopic (exact) mass is 263 g/mol. The van der Waals surface area contributed by atoms with Gasteiger partial charge in [0, 0.05) is 6.04 Å². The van der Waals surface area contributed by atoms with E-state index in [2.05, 4.69) is 17.4 Å². The van der Waals surface area contributed by atoms with Crippen molar-refractivity contribution in [1.29, 1.82) is 0 Å². The second-order valence-electron chi connectivity index (χ2n) is 5.82. The highest BCUT2D eigenvalue weighted by Crippen LogP contribution is 2.19. The number of esters is 1. The zero-order valence-electron chi connectivity index (χ0n) is 11.7. The van der Waals surface area contributed by atoms with Gasteiger partial charge in [-0.25, -0.2) is 0 Å². The van der Waals surface area contributed by atoms with Gasteiger partial charge in [-0.1, -0.05) is 12.1 Å². The molecule has 0 amide bonds. The Morgan fingerprint density at radius 1 is 1.32 bits per heavy atom. The first-order valence-corrected chi connectivity index (χ1v) is 6.59. The zero-order valence-corrected chi connectivity index (χ0v) is 11.7. The lowest BCUT2D eigenvalue weighted by Crippen LogP contribution is -2.45. The maximum Gasteiger partial charge on any atom is 0.319 e. The van der Waals surface area contributed by atoms with Crippen molar-refractivity contribution in [3.8, 4) is 5.75 Å². The molecule has 0 unspecified atom stereocenters. The second-order valence-corrected chi connectivity index (χ2v) is 5.82. The van der Waals surface area contributed by atoms with Gasteiger partial charge in [-0.3, -0.25) is 4.79 Å². The molecule has 19 heavy (non-hydrogen) atoms. The van der Waals surface area contributed by atoms with Gasteiger partial charge < -0.3 is 14.8 Å². The van der Waals surface area contributed by atoms with Crippen molar-refractivity contribution in [3.05, 3.63) is 29.8 Å². The highest BCUT2D eigenvalue weighted by Gasteiger charge is 2.19. The van der Waals surface area contributed by atoms with Crippen molar-refractivity contribution in [3.63, 3.8) is 0 Å². The van der Waals surface area contributed by atoms with Gasteiger partial charge in [0.1, 0.15) is 18.0 Å². The number of carbonyl (C=O) groups excluding carboxylic acids is 1. The van der Waals surface area contributed by atoms with Gasteiger partial charge >= 0.3 is 5.97 Å². The van der Waals surface area contributed by atoms with Gasteiger partial charge in [-0.05, 0) is 44.9 Å². The van der Waals surface area contributed by atoms with Crippen LogP contribution in [0.1, 0.15) is 26.3 Å². The van der Waals surface area contributed by atoms with Gasteiger partial charge in [0.05, 0.1) is 6.54 Å². The summed E-state index contributed by atoms with van der Waals surface area (Å²) in [4.78, 5) is 10.9. The molecule has 1 atom stereocenters. The number of nitrogens with one attached hydrogen (secondary N) is 1. The van der Waals surface area contributed by atoms with Gasteiger partial charge in [-0.2, -0.15) is 0 Å². The Bertz CT molecular complexity index is 424. The third kappa shape index (κ3) is 4.56. The van der Waals surface area contributed by atoms with Crippen LogP contribution < -0.4 is 10.1 Å². The van der Waals surface area contributed by atoms with Gasteiger partial charge in [0.2, 0.25) is 0 Å². The second kappa shape index (κ2) is 5.61. The van der Waals surface area contributed by atoms with Crippen LogP contribution in [0.5, 0.6) is 5.75 Å². The molecule has 1 N–H and O–H groups in total. The van der Waals surface area contributed by atoms with E-state index in [1.807, 2.05) is 32.9 Å². The van der Waals surface area contributed by atoms with E-state index in [4.69, 9.17) is 9.47 Å². The standard InChI is InChI=1S/C15H21NO3/c1-15(2,3)19-13-6-4-11(5-7-13)8-12-10-18-14(17)9-16-12/h4-7,12,16H,8-10H2,1-3H3/t12-/m0/s1. The van der Waals surface area contributed by atoms with Crippen molar-refractivity contribution < 1.29 is 14.3 Å². The number of cyclic esters (lactones) is 1. The maximum absolute atomic E-state index is 10.9. The molecule has 0 radical (unpaired) electrons. The molecule has 0 aliphatic carbocycles. The molecule has 2 rings (SSSR count). The van der Waals surface area contributed by atoms with Crippen molar-refractivity contribution in [2.45, 2.75) is 38.8 Å². The van der Waals surface area contributed by atoms with E-state index in [0.29, 0.717) is 13.2 Å². The summed E-state index contributed by atoms with van der Waals surface area (Å²) in [5, 5.41) is 3.16. The molecule has 1 aromatic carbocycles. The summed E-state index contributed by atoms with van der Waals surface area (Å²) in [6.45, 7) is 6.83. The molecule has 1 aromatic rings. The van der Waals surface area contributed by atoms with Crippen LogP contribution in [0.2, 0.25) is 0 Å². The third-order valence-electron chi connectivity index (χ3n) is 2.81. The van der Waals surface area contributed by atoms with Crippen LogP contribution in [0.4, 0.5) is 0 Å². The fourth-order valence-electron chi connectivity index (χ4n) is 1.99. The Morgan fingerprint density at radius 3 is 2.53 bits per heavy atom. The zero-order chi connectivity index (χ0) is 13.9. The van der Waals surface area contributed by atoms with Crippen LogP contribution >= 0.6 is 0 Å². The molecule has 1 aliphatic heterocycles. The lowest BCUT2D eigenvalue weighted by Gasteiger charge is -2.24. The molecule has 1 heterocycles. The summed E-state index contributed by atoms with van der Waals surface area (Å²) in [7, 11) is 0. The fourth-order valence-corrected chi connectivity index (χ4v) is 1.99. The molecule has 0 bridgehead atoms. The Morgan fingerprint density at radius 2 is 2.00 bits per heavy atom. The van der Waals surface area contributed by atoms with Gasteiger partial charge in [0.15, 0.2) is 0 Å². The third-order valence-corrected chi connectivity index (χ3v) is 2.81. The quantitative estimate of drug-likeness (QED) is 0.846. The normalized spacial score (nSPS) is 19.9. The molecular weight excluding hydrogens is 242 g/mol. The number of rotatable bonds is 3. The Hall–Kier alpha value is -1.55. The van der Waals surface area contributed by atoms with Crippen molar-refractivity contribution >= 4 is 5.97 Å². The van der Waals surface area contributed by atoms with Crippen LogP contribution in [0.15, 0.2) is 24.3 Å². The average Bonchev–Trinajstić information content (AvgIpc) is 2.33. The first-order chi connectivity index (χ1) is 8.92. The summed E-state index contributed by atoms with van der Waals surface area (Å²) >= 11 is 0. The first kappa shape index (κ1) is 13.9. The topological polar surface area (TPSA) is 47.6 Å². The Balaban J connectivity index is 1.90. The van der Waals surface area contributed by atoms with Crippen LogP contribution in [0.3, 0.4) is 0 Å². The van der Waals surface area contributed by atoms with E-state index in [-0.39, 0.29) is 17.6 Å². The predicted molar refractivity (Wildman–Crippen MR) is 73.3 cm³/mol. The lowest BCUT2D eigenvalue weighted by molar-refractivity contribution is -0.146. The number of carbonyl (C=O) groups is 1. The minimum Gasteiger partial charge on any atom is -0.488 e. The molecule has 1 saturated heterocycles. The summed E-state index contributed by atoms with van der Waals surface area (Å²) < 4.78 is 10.8. The Labute approximate surface area is 114 Å². The average molecular weight is 263 g/mol. The number of morpholine rings is 1. The molecular formula is C15H21NO3. The summed E-state index contributed by atoms with van der Waals surface area (Å²) in [5.74, 6) is 0.699.